The molecule has 2 amide bonds. The second-order valence-corrected chi connectivity index (χ2v) is 10.9. The van der Waals surface area contributed by atoms with Crippen molar-refractivity contribution in [3.63, 3.8) is 0 Å². The van der Waals surface area contributed by atoms with Crippen LogP contribution in [-0.4, -0.2) is 51.0 Å². The zero-order valence-corrected chi connectivity index (χ0v) is 24.2. The summed E-state index contributed by atoms with van der Waals surface area (Å²) in [7, 11) is 0. The van der Waals surface area contributed by atoms with Gasteiger partial charge in [-0.3, -0.25) is 14.4 Å². The quantitative estimate of drug-likeness (QED) is 0.215. The standard InChI is InChI=1S/C31H29Cl2N5O4/c32-22-10-11-27(34-19-22)35-30(41)25-17-23(33)18-26(39)28(25)36-29(40)21-8-6-20(7-9-21)24-5-4-14-38(31(24)42)16-15-37-12-2-1-3-13-37/h4-11,14,17-19,39H,1-3,12-13,15-16H2,(H,36,40)(H,34,35,41). The molecule has 3 N–H and O–H groups in total. The normalized spacial score (nSPS) is 13.5. The lowest BCUT2D eigenvalue weighted by atomic mass is 10.0. The molecule has 216 valence electrons. The molecular weight excluding hydrogens is 577 g/mol. The second kappa shape index (κ2) is 13.2. The average molecular weight is 607 g/mol. The minimum absolute atomic E-state index is 0.0592. The number of piperidine rings is 1. The van der Waals surface area contributed by atoms with Crippen molar-refractivity contribution in [1.29, 1.82) is 0 Å². The Hall–Kier alpha value is -4.18. The third-order valence-electron chi connectivity index (χ3n) is 7.12. The van der Waals surface area contributed by atoms with Crippen LogP contribution in [0.2, 0.25) is 10.0 Å². The zero-order valence-electron chi connectivity index (χ0n) is 22.6. The minimum Gasteiger partial charge on any atom is -0.506 e. The molecule has 1 saturated heterocycles. The highest BCUT2D eigenvalue weighted by Crippen LogP contribution is 2.32. The van der Waals surface area contributed by atoms with Crippen LogP contribution < -0.4 is 16.2 Å². The van der Waals surface area contributed by atoms with Crippen molar-refractivity contribution in [1.82, 2.24) is 14.5 Å². The smallest absolute Gasteiger partial charge is 0.259 e. The van der Waals surface area contributed by atoms with Gasteiger partial charge in [0.25, 0.3) is 17.4 Å². The molecule has 0 unspecified atom stereocenters. The van der Waals surface area contributed by atoms with Gasteiger partial charge in [0, 0.05) is 47.7 Å². The first-order valence-corrected chi connectivity index (χ1v) is 14.3. The molecule has 0 atom stereocenters. The van der Waals surface area contributed by atoms with Crippen molar-refractivity contribution in [2.24, 2.45) is 0 Å². The van der Waals surface area contributed by atoms with E-state index in [1.165, 1.54) is 43.7 Å². The molecule has 5 rings (SSSR count). The Kier molecular flexibility index (Phi) is 9.22. The lowest BCUT2D eigenvalue weighted by Gasteiger charge is -2.26. The molecular formula is C31H29Cl2N5O4. The van der Waals surface area contributed by atoms with Crippen LogP contribution in [0.4, 0.5) is 11.5 Å². The minimum atomic E-state index is -0.645. The number of aromatic nitrogens is 2. The number of nitrogens with zero attached hydrogens (tertiary/aromatic N) is 3. The van der Waals surface area contributed by atoms with Crippen LogP contribution in [0.5, 0.6) is 5.75 Å². The van der Waals surface area contributed by atoms with Gasteiger partial charge in [-0.05, 0) is 74.0 Å². The maximum absolute atomic E-state index is 13.2. The highest BCUT2D eigenvalue weighted by Gasteiger charge is 2.20. The van der Waals surface area contributed by atoms with Crippen molar-refractivity contribution < 1.29 is 14.7 Å². The van der Waals surface area contributed by atoms with Crippen molar-refractivity contribution in [3.05, 3.63) is 105 Å². The number of amides is 2. The van der Waals surface area contributed by atoms with Crippen molar-refractivity contribution in [3.8, 4) is 16.9 Å². The molecule has 3 heterocycles. The summed E-state index contributed by atoms with van der Waals surface area (Å²) in [5.41, 5.74) is 1.21. The van der Waals surface area contributed by atoms with Crippen LogP contribution in [0.15, 0.2) is 77.9 Å². The molecule has 2 aromatic heterocycles. The van der Waals surface area contributed by atoms with Gasteiger partial charge in [0.05, 0.1) is 16.3 Å². The zero-order chi connectivity index (χ0) is 29.6. The number of benzene rings is 2. The number of aromatic hydroxyl groups is 1. The summed E-state index contributed by atoms with van der Waals surface area (Å²) in [5, 5.41) is 16.2. The van der Waals surface area contributed by atoms with Crippen LogP contribution in [0.25, 0.3) is 11.1 Å². The maximum atomic E-state index is 13.2. The van der Waals surface area contributed by atoms with Gasteiger partial charge in [-0.1, -0.05) is 41.8 Å². The molecule has 42 heavy (non-hydrogen) atoms. The van der Waals surface area contributed by atoms with E-state index in [0.29, 0.717) is 22.7 Å². The number of hydrogen-bond donors (Lipinski definition) is 3. The van der Waals surface area contributed by atoms with Gasteiger partial charge in [0.15, 0.2) is 0 Å². The number of carbonyl (C=O) groups is 2. The number of hydrogen-bond acceptors (Lipinski definition) is 6. The predicted molar refractivity (Wildman–Crippen MR) is 165 cm³/mol. The van der Waals surface area contributed by atoms with Crippen LogP contribution in [0.1, 0.15) is 40.0 Å². The number of anilines is 2. The Labute approximate surface area is 252 Å². The summed E-state index contributed by atoms with van der Waals surface area (Å²) in [6.07, 6.45) is 6.83. The lowest BCUT2D eigenvalue weighted by molar-refractivity contribution is 0.102. The summed E-state index contributed by atoms with van der Waals surface area (Å²) in [6.45, 7) is 3.58. The van der Waals surface area contributed by atoms with E-state index in [0.717, 1.165) is 19.6 Å². The van der Waals surface area contributed by atoms with E-state index < -0.39 is 11.8 Å². The van der Waals surface area contributed by atoms with E-state index in [4.69, 9.17) is 23.2 Å². The highest BCUT2D eigenvalue weighted by atomic mass is 35.5. The molecule has 1 fully saturated rings. The van der Waals surface area contributed by atoms with Crippen molar-refractivity contribution in [2.75, 3.05) is 30.3 Å². The Morgan fingerprint density at radius 1 is 0.881 bits per heavy atom. The Balaban J connectivity index is 1.31. The second-order valence-electron chi connectivity index (χ2n) is 10.0. The van der Waals surface area contributed by atoms with Crippen LogP contribution >= 0.6 is 23.2 Å². The summed E-state index contributed by atoms with van der Waals surface area (Å²) < 4.78 is 1.72. The lowest BCUT2D eigenvalue weighted by Crippen LogP contribution is -2.34. The Morgan fingerprint density at radius 2 is 1.64 bits per heavy atom. The molecule has 4 aromatic rings. The highest BCUT2D eigenvalue weighted by molar-refractivity contribution is 6.32. The van der Waals surface area contributed by atoms with Crippen molar-refractivity contribution >= 4 is 46.5 Å². The monoisotopic (exact) mass is 605 g/mol. The van der Waals surface area contributed by atoms with E-state index >= 15 is 0 Å². The third-order valence-corrected chi connectivity index (χ3v) is 7.56. The molecule has 2 aromatic carbocycles. The first-order chi connectivity index (χ1) is 20.3. The Morgan fingerprint density at radius 3 is 2.36 bits per heavy atom. The van der Waals surface area contributed by atoms with Crippen LogP contribution in [0, 0.1) is 0 Å². The fourth-order valence-electron chi connectivity index (χ4n) is 4.89. The maximum Gasteiger partial charge on any atom is 0.259 e. The van der Waals surface area contributed by atoms with Gasteiger partial charge in [-0.2, -0.15) is 0 Å². The van der Waals surface area contributed by atoms with Gasteiger partial charge in [-0.25, -0.2) is 4.98 Å². The molecule has 0 aliphatic carbocycles. The summed E-state index contributed by atoms with van der Waals surface area (Å²) >= 11 is 11.9. The first kappa shape index (κ1) is 29.3. The molecule has 1 aliphatic heterocycles. The SMILES string of the molecule is O=C(Nc1c(O)cc(Cl)cc1C(=O)Nc1ccc(Cl)cn1)c1ccc(-c2cccn(CCN3CCCCC3)c2=O)cc1. The number of rotatable bonds is 8. The van der Waals surface area contributed by atoms with E-state index in [1.54, 1.807) is 47.2 Å². The molecule has 1 aliphatic rings. The number of likely N-dealkylation sites (tertiary alicyclic amines) is 1. The topological polar surface area (TPSA) is 117 Å². The van der Waals surface area contributed by atoms with Gasteiger partial charge >= 0.3 is 0 Å². The molecule has 0 radical (unpaired) electrons. The van der Waals surface area contributed by atoms with E-state index in [2.05, 4.69) is 20.5 Å². The number of phenols is 1. The molecule has 0 bridgehead atoms. The van der Waals surface area contributed by atoms with Crippen LogP contribution in [-0.2, 0) is 6.54 Å². The van der Waals surface area contributed by atoms with E-state index in [-0.39, 0.29) is 39.0 Å². The number of phenolic OH excluding ortho intramolecular Hbond substituents is 1. The number of carbonyl (C=O) groups excluding carboxylic acids is 2. The summed E-state index contributed by atoms with van der Waals surface area (Å²) in [5.74, 6) is -1.36. The largest absolute Gasteiger partial charge is 0.506 e. The number of nitrogens with one attached hydrogen (secondary N) is 2. The number of halogens is 2. The fourth-order valence-corrected chi connectivity index (χ4v) is 5.21. The van der Waals surface area contributed by atoms with Gasteiger partial charge < -0.3 is 25.2 Å². The van der Waals surface area contributed by atoms with Gasteiger partial charge in [-0.15, -0.1) is 0 Å². The molecule has 9 nitrogen and oxygen atoms in total. The molecule has 0 spiro atoms. The Bertz CT molecular complexity index is 1650. The van der Waals surface area contributed by atoms with Gasteiger partial charge in [0.1, 0.15) is 11.6 Å². The fraction of sp³-hybridized carbons (Fsp3) is 0.226. The third kappa shape index (κ3) is 6.99. The summed E-state index contributed by atoms with van der Waals surface area (Å²) in [4.78, 5) is 45.8. The summed E-state index contributed by atoms with van der Waals surface area (Å²) in [6, 6.07) is 15.8. The van der Waals surface area contributed by atoms with Crippen LogP contribution in [0.3, 0.4) is 0 Å². The van der Waals surface area contributed by atoms with Gasteiger partial charge in [0.2, 0.25) is 0 Å². The van der Waals surface area contributed by atoms with E-state index in [9.17, 15) is 19.5 Å². The van der Waals surface area contributed by atoms with E-state index in [1.807, 2.05) is 6.07 Å². The first-order valence-electron chi connectivity index (χ1n) is 13.6. The predicted octanol–water partition coefficient (Wildman–Crippen LogP) is 5.91. The number of pyridine rings is 2. The average Bonchev–Trinajstić information content (AvgIpc) is 2.99. The molecule has 11 heteroatoms. The molecule has 0 saturated carbocycles. The van der Waals surface area contributed by atoms with Crippen molar-refractivity contribution in [2.45, 2.75) is 25.8 Å².